The number of carbonyl (C=O) groups is 1. The van der Waals surface area contributed by atoms with Gasteiger partial charge in [0.2, 0.25) is 5.43 Å². The SMILES string of the molecule is CCN1CCc2ccc(NC(=O)c3nn(-c4ccccc4[N+](=O)[O-])c(C)cc3=O)cc21. The monoisotopic (exact) mass is 419 g/mol. The van der Waals surface area contributed by atoms with E-state index >= 15 is 0 Å². The first-order chi connectivity index (χ1) is 14.9. The maximum atomic E-state index is 12.9. The Hall–Kier alpha value is -4.01. The van der Waals surface area contributed by atoms with Crippen LogP contribution in [0.3, 0.4) is 0 Å². The van der Waals surface area contributed by atoms with Gasteiger partial charge in [-0.15, -0.1) is 0 Å². The molecule has 1 aliphatic heterocycles. The molecule has 0 radical (unpaired) electrons. The normalized spacial score (nSPS) is 12.5. The van der Waals surface area contributed by atoms with Gasteiger partial charge in [-0.05, 0) is 44.0 Å². The lowest BCUT2D eigenvalue weighted by molar-refractivity contribution is -0.384. The van der Waals surface area contributed by atoms with Crippen molar-refractivity contribution in [2.24, 2.45) is 0 Å². The van der Waals surface area contributed by atoms with Crippen molar-refractivity contribution < 1.29 is 9.72 Å². The van der Waals surface area contributed by atoms with Crippen LogP contribution in [-0.2, 0) is 6.42 Å². The minimum Gasteiger partial charge on any atom is -0.371 e. The summed E-state index contributed by atoms with van der Waals surface area (Å²) in [4.78, 5) is 38.4. The number of nitro benzene ring substituents is 1. The molecule has 1 aliphatic rings. The Kier molecular flexibility index (Phi) is 5.24. The van der Waals surface area contributed by atoms with E-state index in [0.717, 1.165) is 25.2 Å². The van der Waals surface area contributed by atoms with Gasteiger partial charge in [-0.25, -0.2) is 4.68 Å². The van der Waals surface area contributed by atoms with E-state index in [1.54, 1.807) is 25.1 Å². The van der Waals surface area contributed by atoms with Crippen LogP contribution in [0.5, 0.6) is 0 Å². The third kappa shape index (κ3) is 3.77. The Morgan fingerprint density at radius 2 is 1.97 bits per heavy atom. The molecule has 2 aromatic carbocycles. The highest BCUT2D eigenvalue weighted by Gasteiger charge is 2.22. The van der Waals surface area contributed by atoms with Gasteiger partial charge in [-0.2, -0.15) is 5.10 Å². The number of rotatable bonds is 5. The minimum atomic E-state index is -0.668. The van der Waals surface area contributed by atoms with Crippen LogP contribution in [0.2, 0.25) is 0 Å². The van der Waals surface area contributed by atoms with Crippen molar-refractivity contribution in [1.82, 2.24) is 9.78 Å². The molecule has 0 unspecified atom stereocenters. The summed E-state index contributed by atoms with van der Waals surface area (Å²) in [5.74, 6) is -0.668. The van der Waals surface area contributed by atoms with Crippen LogP contribution in [0.1, 0.15) is 28.7 Å². The fourth-order valence-electron chi connectivity index (χ4n) is 3.79. The van der Waals surface area contributed by atoms with Crippen LogP contribution in [0, 0.1) is 17.0 Å². The fraction of sp³-hybridized carbons (Fsp3) is 0.227. The van der Waals surface area contributed by atoms with Crippen molar-refractivity contribution in [3.63, 3.8) is 0 Å². The van der Waals surface area contributed by atoms with E-state index in [0.29, 0.717) is 11.4 Å². The molecule has 3 aromatic rings. The lowest BCUT2D eigenvalue weighted by Crippen LogP contribution is -2.27. The molecule has 31 heavy (non-hydrogen) atoms. The van der Waals surface area contributed by atoms with E-state index in [4.69, 9.17) is 0 Å². The number of nitrogens with zero attached hydrogens (tertiary/aromatic N) is 4. The number of nitrogens with one attached hydrogen (secondary N) is 1. The molecule has 0 aliphatic carbocycles. The number of hydrogen-bond acceptors (Lipinski definition) is 6. The highest BCUT2D eigenvalue weighted by molar-refractivity contribution is 6.03. The van der Waals surface area contributed by atoms with Crippen LogP contribution in [0.25, 0.3) is 5.69 Å². The summed E-state index contributed by atoms with van der Waals surface area (Å²) in [5, 5.41) is 18.3. The molecule has 0 fully saturated rings. The van der Waals surface area contributed by atoms with Gasteiger partial charge in [0.1, 0.15) is 5.69 Å². The summed E-state index contributed by atoms with van der Waals surface area (Å²) < 4.78 is 1.25. The number of fused-ring (bicyclic) bond motifs is 1. The van der Waals surface area contributed by atoms with Gasteiger partial charge in [0.25, 0.3) is 11.6 Å². The number of carbonyl (C=O) groups excluding carboxylic acids is 1. The second-order valence-electron chi connectivity index (χ2n) is 7.28. The second kappa shape index (κ2) is 8.02. The number of benzene rings is 2. The van der Waals surface area contributed by atoms with Crippen LogP contribution < -0.4 is 15.6 Å². The molecule has 1 aromatic heterocycles. The van der Waals surface area contributed by atoms with E-state index in [-0.39, 0.29) is 17.1 Å². The van der Waals surface area contributed by atoms with Crippen molar-refractivity contribution >= 4 is 23.0 Å². The first-order valence-corrected chi connectivity index (χ1v) is 9.93. The number of hydrogen-bond donors (Lipinski definition) is 1. The molecule has 158 valence electrons. The largest absolute Gasteiger partial charge is 0.371 e. The Morgan fingerprint density at radius 1 is 1.19 bits per heavy atom. The zero-order chi connectivity index (χ0) is 22.1. The third-order valence-electron chi connectivity index (χ3n) is 5.35. The topological polar surface area (TPSA) is 110 Å². The molecule has 2 heterocycles. The van der Waals surface area contributed by atoms with Gasteiger partial charge >= 0.3 is 0 Å². The average Bonchev–Trinajstić information content (AvgIpc) is 3.16. The smallest absolute Gasteiger partial charge is 0.294 e. The predicted octanol–water partition coefficient (Wildman–Crippen LogP) is 3.08. The lowest BCUT2D eigenvalue weighted by atomic mass is 10.1. The van der Waals surface area contributed by atoms with Crippen molar-refractivity contribution in [2.75, 3.05) is 23.3 Å². The first kappa shape index (κ1) is 20.3. The second-order valence-corrected chi connectivity index (χ2v) is 7.28. The van der Waals surface area contributed by atoms with Crippen LogP contribution >= 0.6 is 0 Å². The summed E-state index contributed by atoms with van der Waals surface area (Å²) in [7, 11) is 0. The molecule has 0 saturated carbocycles. The highest BCUT2D eigenvalue weighted by Crippen LogP contribution is 2.30. The van der Waals surface area contributed by atoms with Crippen molar-refractivity contribution in [3.8, 4) is 5.69 Å². The van der Waals surface area contributed by atoms with Gasteiger partial charge in [0.05, 0.1) is 4.92 Å². The number of amides is 1. The minimum absolute atomic E-state index is 0.175. The Balaban J connectivity index is 1.70. The Morgan fingerprint density at radius 3 is 2.71 bits per heavy atom. The number of likely N-dealkylation sites (N-methyl/N-ethyl adjacent to an activating group) is 1. The zero-order valence-corrected chi connectivity index (χ0v) is 17.2. The number of para-hydroxylation sites is 2. The van der Waals surface area contributed by atoms with Crippen LogP contribution in [-0.4, -0.2) is 33.7 Å². The standard InChI is InChI=1S/C22H21N5O4/c1-3-25-11-10-15-8-9-16(13-19(15)25)23-22(29)21-20(28)12-14(2)26(24-21)17-6-4-5-7-18(17)27(30)31/h4-9,12-13H,3,10-11H2,1-2H3,(H,23,29). The average molecular weight is 419 g/mol. The van der Waals surface area contributed by atoms with Crippen LogP contribution in [0.4, 0.5) is 17.1 Å². The third-order valence-corrected chi connectivity index (χ3v) is 5.35. The van der Waals surface area contributed by atoms with E-state index in [9.17, 15) is 19.7 Å². The number of nitro groups is 1. The van der Waals surface area contributed by atoms with Gasteiger partial charge < -0.3 is 10.2 Å². The quantitative estimate of drug-likeness (QED) is 0.503. The summed E-state index contributed by atoms with van der Waals surface area (Å²) in [6.45, 7) is 5.47. The molecule has 9 heteroatoms. The van der Waals surface area contributed by atoms with Gasteiger partial charge in [-0.3, -0.25) is 19.7 Å². The van der Waals surface area contributed by atoms with Crippen molar-refractivity contribution in [3.05, 3.63) is 85.8 Å². The molecule has 0 atom stereocenters. The summed E-state index contributed by atoms with van der Waals surface area (Å²) in [6.07, 6.45) is 0.956. The van der Waals surface area contributed by atoms with Gasteiger partial charge in [-0.1, -0.05) is 18.2 Å². The van der Waals surface area contributed by atoms with E-state index in [1.807, 2.05) is 12.1 Å². The Labute approximate surface area is 178 Å². The Bertz CT molecular complexity index is 1250. The summed E-state index contributed by atoms with van der Waals surface area (Å²) in [5.41, 5.74) is 2.33. The van der Waals surface area contributed by atoms with Crippen molar-refractivity contribution in [2.45, 2.75) is 20.3 Å². The first-order valence-electron chi connectivity index (χ1n) is 9.93. The lowest BCUT2D eigenvalue weighted by Gasteiger charge is -2.17. The molecule has 9 nitrogen and oxygen atoms in total. The maximum Gasteiger partial charge on any atom is 0.294 e. The summed E-state index contributed by atoms with van der Waals surface area (Å²) >= 11 is 0. The zero-order valence-electron chi connectivity index (χ0n) is 17.2. The van der Waals surface area contributed by atoms with Crippen molar-refractivity contribution in [1.29, 1.82) is 0 Å². The molecular formula is C22H21N5O4. The highest BCUT2D eigenvalue weighted by atomic mass is 16.6. The summed E-state index contributed by atoms with van der Waals surface area (Å²) in [6, 6.07) is 12.9. The molecule has 0 saturated heterocycles. The van der Waals surface area contributed by atoms with E-state index in [1.165, 1.54) is 28.4 Å². The molecule has 1 N–H and O–H groups in total. The van der Waals surface area contributed by atoms with Gasteiger partial charge in [0, 0.05) is 42.3 Å². The number of anilines is 2. The number of aromatic nitrogens is 2. The molecule has 1 amide bonds. The molecule has 4 rings (SSSR count). The molecular weight excluding hydrogens is 398 g/mol. The number of aryl methyl sites for hydroxylation is 1. The fourth-order valence-corrected chi connectivity index (χ4v) is 3.79. The molecule has 0 bridgehead atoms. The predicted molar refractivity (Wildman–Crippen MR) is 117 cm³/mol. The van der Waals surface area contributed by atoms with E-state index < -0.39 is 16.3 Å². The van der Waals surface area contributed by atoms with Crippen LogP contribution in [0.15, 0.2) is 53.3 Å². The maximum absolute atomic E-state index is 12.9. The van der Waals surface area contributed by atoms with Gasteiger partial charge in [0.15, 0.2) is 5.69 Å². The molecule has 0 spiro atoms. The van der Waals surface area contributed by atoms with E-state index in [2.05, 4.69) is 22.2 Å².